The first-order valence-corrected chi connectivity index (χ1v) is 10.5. The highest BCUT2D eigenvalue weighted by atomic mass is 32.1. The lowest BCUT2D eigenvalue weighted by Gasteiger charge is -2.11. The number of nitrogens with one attached hydrogen (secondary N) is 1. The number of rotatable bonds is 10. The molecule has 1 aromatic carbocycles. The SMILES string of the molecule is CCOC(=O)c1cc(CC)sc1NC(=O)C=Cc1ccc(OCC)c(OCC)c1. The van der Waals surface area contributed by atoms with Gasteiger partial charge in [-0.05, 0) is 57.0 Å². The van der Waals surface area contributed by atoms with Gasteiger partial charge >= 0.3 is 5.97 Å². The van der Waals surface area contributed by atoms with Crippen molar-refractivity contribution in [2.45, 2.75) is 34.1 Å². The molecular weight excluding hydrogens is 390 g/mol. The molecule has 0 spiro atoms. The Morgan fingerprint density at radius 3 is 2.38 bits per heavy atom. The number of amides is 1. The fourth-order valence-corrected chi connectivity index (χ4v) is 3.55. The van der Waals surface area contributed by atoms with E-state index in [4.69, 9.17) is 14.2 Å². The average molecular weight is 418 g/mol. The molecule has 1 heterocycles. The van der Waals surface area contributed by atoms with E-state index in [2.05, 4.69) is 5.32 Å². The molecule has 0 saturated heterocycles. The van der Waals surface area contributed by atoms with Crippen LogP contribution in [0.4, 0.5) is 5.00 Å². The van der Waals surface area contributed by atoms with Crippen molar-refractivity contribution in [2.24, 2.45) is 0 Å². The van der Waals surface area contributed by atoms with Gasteiger partial charge in [-0.2, -0.15) is 0 Å². The summed E-state index contributed by atoms with van der Waals surface area (Å²) in [5.41, 5.74) is 1.19. The maximum atomic E-state index is 12.4. The highest BCUT2D eigenvalue weighted by molar-refractivity contribution is 7.16. The first-order chi connectivity index (χ1) is 14.0. The topological polar surface area (TPSA) is 73.9 Å². The van der Waals surface area contributed by atoms with Crippen LogP contribution in [0.15, 0.2) is 30.3 Å². The van der Waals surface area contributed by atoms with E-state index >= 15 is 0 Å². The summed E-state index contributed by atoms with van der Waals surface area (Å²) in [5, 5.41) is 3.28. The van der Waals surface area contributed by atoms with Crippen molar-refractivity contribution in [1.82, 2.24) is 0 Å². The lowest BCUT2D eigenvalue weighted by molar-refractivity contribution is -0.111. The summed E-state index contributed by atoms with van der Waals surface area (Å²) in [5.74, 6) is 0.538. The average Bonchev–Trinajstić information content (AvgIpc) is 3.11. The highest BCUT2D eigenvalue weighted by Crippen LogP contribution is 2.30. The number of anilines is 1. The number of hydrogen-bond acceptors (Lipinski definition) is 6. The summed E-state index contributed by atoms with van der Waals surface area (Å²) >= 11 is 1.38. The Bertz CT molecular complexity index is 872. The van der Waals surface area contributed by atoms with E-state index in [0.717, 1.165) is 16.9 Å². The van der Waals surface area contributed by atoms with Crippen LogP contribution in [-0.2, 0) is 16.0 Å². The molecule has 0 aliphatic rings. The maximum absolute atomic E-state index is 12.4. The summed E-state index contributed by atoms with van der Waals surface area (Å²) < 4.78 is 16.2. The van der Waals surface area contributed by atoms with Crippen molar-refractivity contribution in [3.8, 4) is 11.5 Å². The van der Waals surface area contributed by atoms with Crippen LogP contribution in [0.3, 0.4) is 0 Å². The minimum atomic E-state index is -0.435. The van der Waals surface area contributed by atoms with Crippen LogP contribution < -0.4 is 14.8 Å². The fourth-order valence-electron chi connectivity index (χ4n) is 2.57. The molecule has 0 aliphatic heterocycles. The second kappa shape index (κ2) is 11.3. The van der Waals surface area contributed by atoms with Crippen LogP contribution in [0.5, 0.6) is 11.5 Å². The Balaban J connectivity index is 2.14. The number of esters is 1. The van der Waals surface area contributed by atoms with Gasteiger partial charge in [-0.3, -0.25) is 4.79 Å². The van der Waals surface area contributed by atoms with E-state index in [0.29, 0.717) is 35.3 Å². The largest absolute Gasteiger partial charge is 0.490 e. The first kappa shape index (κ1) is 22.5. The van der Waals surface area contributed by atoms with E-state index in [1.807, 2.05) is 39.0 Å². The summed E-state index contributed by atoms with van der Waals surface area (Å²) in [6.07, 6.45) is 3.88. The minimum absolute atomic E-state index is 0.281. The molecule has 7 heteroatoms. The zero-order valence-electron chi connectivity index (χ0n) is 17.2. The third-order valence-corrected chi connectivity index (χ3v) is 5.05. The maximum Gasteiger partial charge on any atom is 0.341 e. The zero-order chi connectivity index (χ0) is 21.2. The Labute approximate surface area is 175 Å². The van der Waals surface area contributed by atoms with Crippen LogP contribution >= 0.6 is 11.3 Å². The molecule has 0 radical (unpaired) electrons. The predicted octanol–water partition coefficient (Wildman–Crippen LogP) is 4.94. The van der Waals surface area contributed by atoms with Crippen molar-refractivity contribution in [3.63, 3.8) is 0 Å². The van der Waals surface area contributed by atoms with Crippen LogP contribution in [0, 0.1) is 0 Å². The molecule has 156 valence electrons. The molecule has 2 rings (SSSR count). The monoisotopic (exact) mass is 417 g/mol. The van der Waals surface area contributed by atoms with Crippen molar-refractivity contribution in [3.05, 3.63) is 46.3 Å². The molecule has 29 heavy (non-hydrogen) atoms. The molecule has 0 aliphatic carbocycles. The molecule has 0 atom stereocenters. The summed E-state index contributed by atoms with van der Waals surface area (Å²) in [6.45, 7) is 8.89. The molecule has 1 N–H and O–H groups in total. The standard InChI is InChI=1S/C22H27NO5S/c1-5-16-14-17(22(25)28-8-4)21(29-16)23-20(24)12-10-15-9-11-18(26-6-2)19(13-15)27-7-3/h9-14H,5-8H2,1-4H3,(H,23,24). The molecule has 1 amide bonds. The smallest absolute Gasteiger partial charge is 0.341 e. The zero-order valence-corrected chi connectivity index (χ0v) is 18.1. The summed E-state index contributed by atoms with van der Waals surface area (Å²) in [4.78, 5) is 25.5. The molecular formula is C22H27NO5S. The van der Waals surface area contributed by atoms with Gasteiger partial charge in [0, 0.05) is 11.0 Å². The number of ether oxygens (including phenoxy) is 3. The van der Waals surface area contributed by atoms with Crippen LogP contribution in [-0.4, -0.2) is 31.7 Å². The molecule has 0 unspecified atom stereocenters. The minimum Gasteiger partial charge on any atom is -0.490 e. The number of carbonyl (C=O) groups is 2. The quantitative estimate of drug-likeness (QED) is 0.438. The lowest BCUT2D eigenvalue weighted by atomic mass is 10.2. The van der Waals surface area contributed by atoms with Crippen molar-refractivity contribution in [2.75, 3.05) is 25.1 Å². The van der Waals surface area contributed by atoms with Gasteiger partial charge in [-0.15, -0.1) is 11.3 Å². The van der Waals surface area contributed by atoms with Gasteiger partial charge in [0.2, 0.25) is 5.91 Å². The van der Waals surface area contributed by atoms with Crippen molar-refractivity contribution >= 4 is 34.3 Å². The Morgan fingerprint density at radius 1 is 1.00 bits per heavy atom. The third kappa shape index (κ3) is 6.35. The number of hydrogen-bond donors (Lipinski definition) is 1. The van der Waals surface area contributed by atoms with Gasteiger partial charge in [-0.25, -0.2) is 4.79 Å². The van der Waals surface area contributed by atoms with Crippen LogP contribution in [0.2, 0.25) is 0 Å². The van der Waals surface area contributed by atoms with Gasteiger partial charge in [0.15, 0.2) is 11.5 Å². The van der Waals surface area contributed by atoms with Crippen molar-refractivity contribution < 1.29 is 23.8 Å². The van der Waals surface area contributed by atoms with Crippen LogP contribution in [0.1, 0.15) is 48.5 Å². The number of benzene rings is 1. The third-order valence-electron chi connectivity index (χ3n) is 3.86. The molecule has 6 nitrogen and oxygen atoms in total. The van der Waals surface area contributed by atoms with Gasteiger partial charge < -0.3 is 19.5 Å². The predicted molar refractivity (Wildman–Crippen MR) is 116 cm³/mol. The second-order valence-electron chi connectivity index (χ2n) is 5.92. The van der Waals surface area contributed by atoms with Crippen molar-refractivity contribution in [1.29, 1.82) is 0 Å². The van der Waals surface area contributed by atoms with E-state index in [-0.39, 0.29) is 12.5 Å². The molecule has 0 fully saturated rings. The van der Waals surface area contributed by atoms with Gasteiger partial charge in [0.1, 0.15) is 5.00 Å². The number of thiophene rings is 1. The summed E-state index contributed by atoms with van der Waals surface area (Å²) in [6, 6.07) is 7.25. The summed E-state index contributed by atoms with van der Waals surface area (Å²) in [7, 11) is 0. The number of carbonyl (C=O) groups excluding carboxylic acids is 2. The van der Waals surface area contributed by atoms with E-state index in [9.17, 15) is 9.59 Å². The lowest BCUT2D eigenvalue weighted by Crippen LogP contribution is -2.11. The van der Waals surface area contributed by atoms with Gasteiger partial charge in [0.05, 0.1) is 25.4 Å². The van der Waals surface area contributed by atoms with Gasteiger partial charge in [-0.1, -0.05) is 13.0 Å². The Morgan fingerprint density at radius 2 is 1.72 bits per heavy atom. The number of aryl methyl sites for hydroxylation is 1. The molecule has 2 aromatic rings. The Hall–Kier alpha value is -2.80. The molecule has 0 saturated carbocycles. The van der Waals surface area contributed by atoms with Crippen LogP contribution in [0.25, 0.3) is 6.08 Å². The second-order valence-corrected chi connectivity index (χ2v) is 7.06. The first-order valence-electron chi connectivity index (χ1n) is 9.70. The molecule has 0 bridgehead atoms. The van der Waals surface area contributed by atoms with E-state index in [1.165, 1.54) is 17.4 Å². The molecule has 1 aromatic heterocycles. The normalized spacial score (nSPS) is 10.8. The van der Waals surface area contributed by atoms with E-state index in [1.54, 1.807) is 19.1 Å². The van der Waals surface area contributed by atoms with E-state index < -0.39 is 5.97 Å². The Kier molecular flexibility index (Phi) is 8.73. The van der Waals surface area contributed by atoms with Gasteiger partial charge in [0.25, 0.3) is 0 Å². The highest BCUT2D eigenvalue weighted by Gasteiger charge is 2.18. The fraction of sp³-hybridized carbons (Fsp3) is 0.364.